The molecular formula is C65H116O5. The van der Waals surface area contributed by atoms with Crippen LogP contribution in [0.3, 0.4) is 0 Å². The van der Waals surface area contributed by atoms with Gasteiger partial charge >= 0.3 is 11.9 Å². The maximum atomic E-state index is 12.9. The summed E-state index contributed by atoms with van der Waals surface area (Å²) in [6.07, 6.45) is 79.2. The molecule has 1 atom stereocenters. The van der Waals surface area contributed by atoms with Crippen molar-refractivity contribution < 1.29 is 23.8 Å². The second-order valence-corrected chi connectivity index (χ2v) is 20.2. The van der Waals surface area contributed by atoms with Gasteiger partial charge in [0, 0.05) is 19.4 Å². The van der Waals surface area contributed by atoms with Crippen molar-refractivity contribution >= 4 is 11.9 Å². The van der Waals surface area contributed by atoms with Crippen molar-refractivity contribution in [1.29, 1.82) is 0 Å². The monoisotopic (exact) mass is 977 g/mol. The summed E-state index contributed by atoms with van der Waals surface area (Å²) in [6.45, 7) is 7.78. The number of hydrogen-bond donors (Lipinski definition) is 0. The minimum Gasteiger partial charge on any atom is -0.462 e. The summed E-state index contributed by atoms with van der Waals surface area (Å²) < 4.78 is 17.5. The van der Waals surface area contributed by atoms with Gasteiger partial charge in [0.05, 0.1) is 6.61 Å². The van der Waals surface area contributed by atoms with Crippen LogP contribution in [0.25, 0.3) is 0 Å². The molecule has 0 N–H and O–H groups in total. The van der Waals surface area contributed by atoms with E-state index in [1.165, 1.54) is 193 Å². The Balaban J connectivity index is 4.31. The van der Waals surface area contributed by atoms with Crippen LogP contribution >= 0.6 is 0 Å². The van der Waals surface area contributed by atoms with Gasteiger partial charge in [0.15, 0.2) is 6.10 Å². The molecular weight excluding hydrogens is 861 g/mol. The maximum absolute atomic E-state index is 12.9. The van der Waals surface area contributed by atoms with Gasteiger partial charge in [0.2, 0.25) is 0 Å². The van der Waals surface area contributed by atoms with Crippen LogP contribution in [0.5, 0.6) is 0 Å². The average Bonchev–Trinajstić information content (AvgIpc) is 3.36. The first kappa shape index (κ1) is 67.3. The molecule has 0 aromatic carbocycles. The summed E-state index contributed by atoms with van der Waals surface area (Å²) in [5.74, 6) is -0.410. The van der Waals surface area contributed by atoms with Crippen molar-refractivity contribution in [2.75, 3.05) is 19.8 Å². The number of ether oxygens (including phenoxy) is 3. The van der Waals surface area contributed by atoms with Gasteiger partial charge in [0.1, 0.15) is 6.61 Å². The number of allylic oxidation sites excluding steroid dienone is 12. The van der Waals surface area contributed by atoms with Gasteiger partial charge in [-0.15, -0.1) is 0 Å². The highest BCUT2D eigenvalue weighted by Crippen LogP contribution is 2.15. The van der Waals surface area contributed by atoms with Gasteiger partial charge in [-0.2, -0.15) is 0 Å². The molecule has 0 spiro atoms. The van der Waals surface area contributed by atoms with E-state index in [1.54, 1.807) is 0 Å². The zero-order valence-electron chi connectivity index (χ0n) is 46.8. The Bertz CT molecular complexity index is 1240. The van der Waals surface area contributed by atoms with Crippen molar-refractivity contribution in [3.8, 4) is 0 Å². The topological polar surface area (TPSA) is 61.8 Å². The summed E-state index contributed by atoms with van der Waals surface area (Å²) >= 11 is 0. The van der Waals surface area contributed by atoms with Gasteiger partial charge < -0.3 is 14.2 Å². The second-order valence-electron chi connectivity index (χ2n) is 20.2. The van der Waals surface area contributed by atoms with Crippen LogP contribution < -0.4 is 0 Å². The molecule has 5 nitrogen and oxygen atoms in total. The normalized spacial score (nSPS) is 12.7. The predicted molar refractivity (Wildman–Crippen MR) is 307 cm³/mol. The molecule has 5 heteroatoms. The summed E-state index contributed by atoms with van der Waals surface area (Å²) in [6, 6.07) is 0. The Morgan fingerprint density at radius 2 is 0.600 bits per heavy atom. The van der Waals surface area contributed by atoms with Crippen molar-refractivity contribution in [3.05, 3.63) is 72.9 Å². The molecule has 0 aliphatic carbocycles. The predicted octanol–water partition coefficient (Wildman–Crippen LogP) is 21.0. The minimum atomic E-state index is -0.550. The van der Waals surface area contributed by atoms with E-state index in [0.717, 1.165) is 77.0 Å². The fourth-order valence-electron chi connectivity index (χ4n) is 8.60. The Hall–Kier alpha value is -2.66. The fraction of sp³-hybridized carbons (Fsp3) is 0.785. The molecule has 0 saturated carbocycles. The Morgan fingerprint density at radius 3 is 1.00 bits per heavy atom. The Morgan fingerprint density at radius 1 is 0.314 bits per heavy atom. The van der Waals surface area contributed by atoms with Crippen LogP contribution in [0.1, 0.15) is 303 Å². The van der Waals surface area contributed by atoms with E-state index in [9.17, 15) is 9.59 Å². The molecule has 0 aromatic heterocycles. The van der Waals surface area contributed by atoms with Gasteiger partial charge in [-0.1, -0.05) is 248 Å². The minimum absolute atomic E-state index is 0.0737. The molecule has 0 heterocycles. The fourth-order valence-corrected chi connectivity index (χ4v) is 8.60. The molecule has 0 saturated heterocycles. The maximum Gasteiger partial charge on any atom is 0.306 e. The molecule has 0 aliphatic rings. The van der Waals surface area contributed by atoms with E-state index >= 15 is 0 Å². The van der Waals surface area contributed by atoms with Crippen molar-refractivity contribution in [2.24, 2.45) is 0 Å². The largest absolute Gasteiger partial charge is 0.462 e. The van der Waals surface area contributed by atoms with E-state index in [0.29, 0.717) is 19.4 Å². The number of esters is 2. The molecule has 0 fully saturated rings. The summed E-state index contributed by atoms with van der Waals surface area (Å²) in [5.41, 5.74) is 0. The molecule has 0 aromatic rings. The highest BCUT2D eigenvalue weighted by molar-refractivity contribution is 5.70. The number of rotatable bonds is 56. The highest BCUT2D eigenvalue weighted by Gasteiger charge is 2.17. The average molecular weight is 978 g/mol. The first-order chi connectivity index (χ1) is 34.6. The molecule has 0 aliphatic heterocycles. The third-order valence-electron chi connectivity index (χ3n) is 13.2. The molecule has 0 radical (unpaired) electrons. The van der Waals surface area contributed by atoms with Crippen LogP contribution in [0, 0.1) is 0 Å². The van der Waals surface area contributed by atoms with Crippen LogP contribution in [-0.4, -0.2) is 37.9 Å². The lowest BCUT2D eigenvalue weighted by atomic mass is 10.1. The van der Waals surface area contributed by atoms with Crippen molar-refractivity contribution in [2.45, 2.75) is 309 Å². The van der Waals surface area contributed by atoms with E-state index < -0.39 is 6.10 Å². The molecule has 0 bridgehead atoms. The number of hydrogen-bond acceptors (Lipinski definition) is 5. The lowest BCUT2D eigenvalue weighted by Crippen LogP contribution is -2.30. The SMILES string of the molecule is CCCCC/C=C\C/C=C\C/C=C\CCCCCCCCC(=O)OCC(COCCCCCCCCCC/C=C\C/C=C\CCCCC)OC(=O)CCCCCCCCC/C=C\CCCCCCCC. The number of carbonyl (C=O) groups excluding carboxylic acids is 2. The van der Waals surface area contributed by atoms with Crippen LogP contribution in [0.4, 0.5) is 0 Å². The van der Waals surface area contributed by atoms with E-state index in [-0.39, 0.29) is 25.2 Å². The third-order valence-corrected chi connectivity index (χ3v) is 13.2. The zero-order valence-corrected chi connectivity index (χ0v) is 46.8. The number of unbranched alkanes of at least 4 members (excludes halogenated alkanes) is 33. The molecule has 1 unspecified atom stereocenters. The van der Waals surface area contributed by atoms with Gasteiger partial charge in [-0.05, 0) is 116 Å². The zero-order chi connectivity index (χ0) is 50.6. The van der Waals surface area contributed by atoms with E-state index in [4.69, 9.17) is 14.2 Å². The molecule has 406 valence electrons. The molecule has 0 amide bonds. The van der Waals surface area contributed by atoms with Crippen molar-refractivity contribution in [1.82, 2.24) is 0 Å². The van der Waals surface area contributed by atoms with Gasteiger partial charge in [-0.25, -0.2) is 0 Å². The standard InChI is InChI=1S/C65H116O5/c1-4-7-10-13-16-19-22-25-28-31-33-35-37-40-43-46-49-52-55-58-64(66)69-62-63(61-68-60-57-54-51-48-45-42-39-36-32-29-26-23-20-17-14-11-8-5-2)70-65(67)59-56-53-50-47-44-41-38-34-30-27-24-21-18-15-12-9-6-3/h16-17,19-20,25-30,33,35,63H,4-15,18,21-24,31-32,34,36-62H2,1-3H3/b19-16-,20-17-,28-25-,29-26-,30-27-,35-33-. The summed E-state index contributed by atoms with van der Waals surface area (Å²) in [4.78, 5) is 25.6. The van der Waals surface area contributed by atoms with Gasteiger partial charge in [-0.3, -0.25) is 9.59 Å². The van der Waals surface area contributed by atoms with E-state index in [2.05, 4.69) is 93.7 Å². The highest BCUT2D eigenvalue weighted by atomic mass is 16.6. The quantitative estimate of drug-likeness (QED) is 0.0345. The lowest BCUT2D eigenvalue weighted by Gasteiger charge is -2.18. The lowest BCUT2D eigenvalue weighted by molar-refractivity contribution is -0.163. The van der Waals surface area contributed by atoms with E-state index in [1.807, 2.05) is 0 Å². The number of carbonyl (C=O) groups is 2. The second kappa shape index (κ2) is 60.6. The van der Waals surface area contributed by atoms with Crippen molar-refractivity contribution in [3.63, 3.8) is 0 Å². The Kier molecular flexibility index (Phi) is 58.3. The Labute approximate surface area is 436 Å². The first-order valence-electron chi connectivity index (χ1n) is 30.5. The smallest absolute Gasteiger partial charge is 0.306 e. The van der Waals surface area contributed by atoms with Gasteiger partial charge in [0.25, 0.3) is 0 Å². The van der Waals surface area contributed by atoms with Crippen LogP contribution in [0.2, 0.25) is 0 Å². The third kappa shape index (κ3) is 57.9. The first-order valence-corrected chi connectivity index (χ1v) is 30.5. The summed E-state index contributed by atoms with van der Waals surface area (Å²) in [7, 11) is 0. The summed E-state index contributed by atoms with van der Waals surface area (Å²) in [5, 5.41) is 0. The van der Waals surface area contributed by atoms with Crippen LogP contribution in [-0.2, 0) is 23.8 Å². The molecule has 0 rings (SSSR count). The van der Waals surface area contributed by atoms with Crippen LogP contribution in [0.15, 0.2) is 72.9 Å². The molecule has 70 heavy (non-hydrogen) atoms.